The summed E-state index contributed by atoms with van der Waals surface area (Å²) in [6.07, 6.45) is -2.22. The predicted molar refractivity (Wildman–Crippen MR) is 149 cm³/mol. The molecule has 5 rings (SSSR count). The first kappa shape index (κ1) is 26.7. The molecule has 3 aromatic heterocycles. The second-order valence-corrected chi connectivity index (χ2v) is 9.63. The lowest BCUT2D eigenvalue weighted by atomic mass is 10.0. The largest absolute Gasteiger partial charge is 0.417 e. The van der Waals surface area contributed by atoms with Gasteiger partial charge in [-0.25, -0.2) is 9.97 Å². The number of carbonyl (C=O) groups is 1. The van der Waals surface area contributed by atoms with Crippen molar-refractivity contribution in [2.75, 3.05) is 16.4 Å². The molecule has 0 fully saturated rings. The molecule has 0 bridgehead atoms. The number of benzene rings is 2. The van der Waals surface area contributed by atoms with Crippen LogP contribution in [0.4, 0.5) is 30.5 Å². The first-order valence-electron chi connectivity index (χ1n) is 12.5. The monoisotopic (exact) mass is 545 g/mol. The summed E-state index contributed by atoms with van der Waals surface area (Å²) in [4.78, 5) is 21.3. The molecule has 11 heteroatoms. The van der Waals surface area contributed by atoms with Crippen molar-refractivity contribution in [3.8, 4) is 11.1 Å². The van der Waals surface area contributed by atoms with Crippen LogP contribution in [0.2, 0.25) is 0 Å². The van der Waals surface area contributed by atoms with Crippen LogP contribution in [0.3, 0.4) is 0 Å². The van der Waals surface area contributed by atoms with E-state index in [1.54, 1.807) is 18.3 Å². The average Bonchev–Trinajstić information content (AvgIpc) is 3.31. The average molecular weight is 546 g/mol. The lowest BCUT2D eigenvalue weighted by Crippen LogP contribution is -2.18. The maximum Gasteiger partial charge on any atom is 0.417 e. The predicted octanol–water partition coefficient (Wildman–Crippen LogP) is 6.61. The Labute approximate surface area is 227 Å². The minimum Gasteiger partial charge on any atom is -0.382 e. The minimum absolute atomic E-state index is 0.0402. The van der Waals surface area contributed by atoms with Gasteiger partial charge >= 0.3 is 6.18 Å². The number of nitrogen functional groups attached to an aromatic ring is 1. The van der Waals surface area contributed by atoms with Crippen LogP contribution in [-0.4, -0.2) is 26.1 Å². The Kier molecular flexibility index (Phi) is 7.12. The van der Waals surface area contributed by atoms with Crippen molar-refractivity contribution >= 4 is 34.3 Å². The molecule has 3 heterocycles. The van der Waals surface area contributed by atoms with Crippen molar-refractivity contribution < 1.29 is 18.0 Å². The summed E-state index contributed by atoms with van der Waals surface area (Å²) < 4.78 is 40.3. The van der Waals surface area contributed by atoms with Crippen molar-refractivity contribution in [1.29, 1.82) is 0 Å². The van der Waals surface area contributed by atoms with Gasteiger partial charge in [0.15, 0.2) is 11.5 Å². The number of fused-ring (bicyclic) bond motifs is 1. The van der Waals surface area contributed by atoms with Crippen molar-refractivity contribution in [2.24, 2.45) is 0 Å². The van der Waals surface area contributed by atoms with Crippen LogP contribution in [0.5, 0.6) is 0 Å². The summed E-state index contributed by atoms with van der Waals surface area (Å²) in [7, 11) is 0. The summed E-state index contributed by atoms with van der Waals surface area (Å²) in [5, 5.41) is 13.1. The molecule has 0 unspecified atom stereocenters. The number of anilines is 3. The van der Waals surface area contributed by atoms with E-state index in [0.29, 0.717) is 29.3 Å². The molecule has 0 radical (unpaired) electrons. The van der Waals surface area contributed by atoms with Crippen LogP contribution >= 0.6 is 0 Å². The van der Waals surface area contributed by atoms with Crippen molar-refractivity contribution in [1.82, 2.24) is 20.2 Å². The van der Waals surface area contributed by atoms with E-state index < -0.39 is 17.6 Å². The van der Waals surface area contributed by atoms with Gasteiger partial charge in [-0.1, -0.05) is 50.2 Å². The van der Waals surface area contributed by atoms with Crippen molar-refractivity contribution in [3.63, 3.8) is 0 Å². The molecular weight excluding hydrogens is 519 g/mol. The third kappa shape index (κ3) is 5.73. The van der Waals surface area contributed by atoms with Crippen LogP contribution < -0.4 is 16.4 Å². The zero-order chi connectivity index (χ0) is 28.4. The third-order valence-electron chi connectivity index (χ3n) is 6.49. The van der Waals surface area contributed by atoms with E-state index in [1.165, 1.54) is 0 Å². The number of nitrogens with one attached hydrogen (secondary N) is 3. The van der Waals surface area contributed by atoms with Gasteiger partial charge in [0.05, 0.1) is 16.5 Å². The Bertz CT molecular complexity index is 1660. The minimum atomic E-state index is -4.64. The number of hydrogen-bond acceptors (Lipinski definition) is 6. The maximum absolute atomic E-state index is 13.4. The topological polar surface area (TPSA) is 122 Å². The fraction of sp³-hybridized carbons (Fsp3) is 0.172. The standard InChI is InChI=1S/C29H26F3N7O/c1-16(2)18-7-9-22(10-8-18)37-28(40)24-12-21(29(30,31)32)15-36-26(24)34-13-17-3-5-19(6-4-17)20-11-23-25(33)38-39-27(23)35-14-20/h3-12,14-16H,13H2,1-2H3,(H,34,36)(H,37,40)(H3,33,35,38,39). The second kappa shape index (κ2) is 10.7. The van der Waals surface area contributed by atoms with Gasteiger partial charge in [-0.05, 0) is 46.9 Å². The molecule has 5 aromatic rings. The van der Waals surface area contributed by atoms with Crippen molar-refractivity contribution in [2.45, 2.75) is 32.5 Å². The van der Waals surface area contributed by atoms with Gasteiger partial charge < -0.3 is 16.4 Å². The number of halogens is 3. The zero-order valence-electron chi connectivity index (χ0n) is 21.7. The normalized spacial score (nSPS) is 11.7. The van der Waals surface area contributed by atoms with Crippen LogP contribution in [0.25, 0.3) is 22.2 Å². The number of aromatic nitrogens is 4. The van der Waals surface area contributed by atoms with E-state index in [0.717, 1.165) is 33.7 Å². The second-order valence-electron chi connectivity index (χ2n) is 9.63. The summed E-state index contributed by atoms with van der Waals surface area (Å²) >= 11 is 0. The van der Waals surface area contributed by atoms with E-state index in [-0.39, 0.29) is 17.9 Å². The molecule has 0 saturated heterocycles. The molecule has 0 spiro atoms. The lowest BCUT2D eigenvalue weighted by Gasteiger charge is -2.15. The summed E-state index contributed by atoms with van der Waals surface area (Å²) in [5.41, 5.74) is 9.39. The Balaban J connectivity index is 1.34. The maximum atomic E-state index is 13.4. The highest BCUT2D eigenvalue weighted by Gasteiger charge is 2.32. The summed E-state index contributed by atoms with van der Waals surface area (Å²) in [6.45, 7) is 4.32. The van der Waals surface area contributed by atoms with E-state index in [4.69, 9.17) is 5.73 Å². The number of rotatable bonds is 7. The highest BCUT2D eigenvalue weighted by atomic mass is 19.4. The SMILES string of the molecule is CC(C)c1ccc(NC(=O)c2cc(C(F)(F)F)cnc2NCc2ccc(-c3cnc4[nH]nc(N)c4c3)cc2)cc1. The van der Waals surface area contributed by atoms with Gasteiger partial charge in [-0.15, -0.1) is 0 Å². The number of alkyl halides is 3. The molecule has 0 atom stereocenters. The molecule has 8 nitrogen and oxygen atoms in total. The molecule has 0 aliphatic heterocycles. The Morgan fingerprint density at radius 1 is 0.975 bits per heavy atom. The highest BCUT2D eigenvalue weighted by molar-refractivity contribution is 6.07. The van der Waals surface area contributed by atoms with E-state index >= 15 is 0 Å². The van der Waals surface area contributed by atoms with Gasteiger partial charge in [-0.3, -0.25) is 9.89 Å². The van der Waals surface area contributed by atoms with Gasteiger partial charge in [0.1, 0.15) is 5.82 Å². The first-order chi connectivity index (χ1) is 19.1. The highest BCUT2D eigenvalue weighted by Crippen LogP contribution is 2.31. The number of pyridine rings is 2. The van der Waals surface area contributed by atoms with Gasteiger partial charge in [0.2, 0.25) is 0 Å². The van der Waals surface area contributed by atoms with E-state index in [1.807, 2.05) is 56.3 Å². The molecule has 0 saturated carbocycles. The Morgan fingerprint density at radius 2 is 1.70 bits per heavy atom. The number of hydrogen-bond donors (Lipinski definition) is 4. The van der Waals surface area contributed by atoms with Gasteiger partial charge in [0, 0.05) is 30.2 Å². The number of nitrogens with two attached hydrogens (primary N) is 1. The smallest absolute Gasteiger partial charge is 0.382 e. The number of amides is 1. The van der Waals surface area contributed by atoms with Crippen LogP contribution in [0, 0.1) is 0 Å². The molecule has 0 aliphatic rings. The fourth-order valence-electron chi connectivity index (χ4n) is 4.16. The van der Waals surface area contributed by atoms with Gasteiger partial charge in [0.25, 0.3) is 5.91 Å². The summed E-state index contributed by atoms with van der Waals surface area (Å²) in [6, 6.07) is 17.4. The number of carbonyl (C=O) groups excluding carboxylic acids is 1. The summed E-state index contributed by atoms with van der Waals surface area (Å²) in [5.74, 6) is 0.00755. The van der Waals surface area contributed by atoms with Crippen LogP contribution in [-0.2, 0) is 12.7 Å². The van der Waals surface area contributed by atoms with Crippen LogP contribution in [0.1, 0.15) is 46.8 Å². The molecule has 40 heavy (non-hydrogen) atoms. The number of H-pyrrole nitrogens is 1. The molecule has 1 amide bonds. The first-order valence-corrected chi connectivity index (χ1v) is 12.5. The van der Waals surface area contributed by atoms with E-state index in [9.17, 15) is 18.0 Å². The van der Waals surface area contributed by atoms with Gasteiger partial charge in [-0.2, -0.15) is 18.3 Å². The zero-order valence-corrected chi connectivity index (χ0v) is 21.7. The molecule has 2 aromatic carbocycles. The number of aromatic amines is 1. The van der Waals surface area contributed by atoms with E-state index in [2.05, 4.69) is 30.8 Å². The van der Waals surface area contributed by atoms with Crippen LogP contribution in [0.15, 0.2) is 73.1 Å². The molecule has 0 aliphatic carbocycles. The Hall–Kier alpha value is -4.93. The molecular formula is C29H26F3N7O. The van der Waals surface area contributed by atoms with Crippen molar-refractivity contribution in [3.05, 3.63) is 95.3 Å². The quantitative estimate of drug-likeness (QED) is 0.183. The fourth-order valence-corrected chi connectivity index (χ4v) is 4.16. The lowest BCUT2D eigenvalue weighted by molar-refractivity contribution is -0.137. The Morgan fingerprint density at radius 3 is 2.38 bits per heavy atom. The third-order valence-corrected chi connectivity index (χ3v) is 6.49. The molecule has 5 N–H and O–H groups in total. The molecule has 204 valence electrons. The number of nitrogens with zero attached hydrogens (tertiary/aromatic N) is 3.